The fourth-order valence-corrected chi connectivity index (χ4v) is 4.88. The number of benzene rings is 2. The maximum atomic E-state index is 12.6. The van der Waals surface area contributed by atoms with Crippen molar-refractivity contribution in [3.05, 3.63) is 60.2 Å². The van der Waals surface area contributed by atoms with E-state index in [4.69, 9.17) is 14.7 Å². The highest BCUT2D eigenvalue weighted by Crippen LogP contribution is 2.29. The van der Waals surface area contributed by atoms with Crippen molar-refractivity contribution in [3.8, 4) is 5.75 Å². The summed E-state index contributed by atoms with van der Waals surface area (Å²) < 4.78 is 5.56. The van der Waals surface area contributed by atoms with Crippen LogP contribution in [0.4, 0.5) is 23.5 Å². The minimum atomic E-state index is -0.354. The Bertz CT molecular complexity index is 1200. The van der Waals surface area contributed by atoms with E-state index in [1.807, 2.05) is 36.4 Å². The zero-order valence-electron chi connectivity index (χ0n) is 21.9. The predicted octanol–water partition coefficient (Wildman–Crippen LogP) is 2.94. The first kappa shape index (κ1) is 25.6. The summed E-state index contributed by atoms with van der Waals surface area (Å²) in [7, 11) is 1.70. The zero-order valence-corrected chi connectivity index (χ0v) is 21.9. The van der Waals surface area contributed by atoms with Crippen LogP contribution in [0.1, 0.15) is 24.8 Å². The number of piperazine rings is 1. The van der Waals surface area contributed by atoms with E-state index in [1.165, 1.54) is 5.56 Å². The van der Waals surface area contributed by atoms with Crippen molar-refractivity contribution in [1.82, 2.24) is 20.3 Å². The van der Waals surface area contributed by atoms with Crippen molar-refractivity contribution in [3.63, 3.8) is 0 Å². The molecule has 2 aromatic carbocycles. The second-order valence-electron chi connectivity index (χ2n) is 9.57. The van der Waals surface area contributed by atoms with Gasteiger partial charge in [0, 0.05) is 39.3 Å². The highest BCUT2D eigenvalue weighted by atomic mass is 16.5. The largest absolute Gasteiger partial charge is 0.495 e. The van der Waals surface area contributed by atoms with Gasteiger partial charge in [0.05, 0.1) is 12.8 Å². The number of hydrogen-bond donors (Lipinski definition) is 3. The number of methoxy groups -OCH3 is 1. The van der Waals surface area contributed by atoms with Gasteiger partial charge >= 0.3 is 0 Å². The van der Waals surface area contributed by atoms with Crippen molar-refractivity contribution in [2.24, 2.45) is 0 Å². The average molecular weight is 517 g/mol. The molecule has 10 nitrogen and oxygen atoms in total. The second kappa shape index (κ2) is 12.4. The Kier molecular flexibility index (Phi) is 8.37. The first-order chi connectivity index (χ1) is 18.7. The van der Waals surface area contributed by atoms with Crippen LogP contribution in [-0.4, -0.2) is 73.3 Å². The quantitative estimate of drug-likeness (QED) is 0.396. The summed E-state index contributed by atoms with van der Waals surface area (Å²) in [5.41, 5.74) is 2.34. The molecule has 2 saturated heterocycles. The molecule has 200 valence electrons. The summed E-state index contributed by atoms with van der Waals surface area (Å²) in [4.78, 5) is 31.2. The highest BCUT2D eigenvalue weighted by Gasteiger charge is 2.25. The lowest BCUT2D eigenvalue weighted by Crippen LogP contribution is -2.47. The van der Waals surface area contributed by atoms with E-state index in [0.29, 0.717) is 30.9 Å². The SMILES string of the molecule is COc1ccccc1N1CCN(c2nc(NCCc3ccccc3)nc(NC3CCCCNC3=O)n2)CC1. The van der Waals surface area contributed by atoms with Gasteiger partial charge in [0.15, 0.2) is 0 Å². The van der Waals surface area contributed by atoms with Gasteiger partial charge in [-0.1, -0.05) is 42.5 Å². The van der Waals surface area contributed by atoms with E-state index in [2.05, 4.69) is 48.9 Å². The molecule has 2 aliphatic rings. The van der Waals surface area contributed by atoms with Crippen LogP contribution in [0.2, 0.25) is 0 Å². The molecule has 0 saturated carbocycles. The first-order valence-electron chi connectivity index (χ1n) is 13.4. The summed E-state index contributed by atoms with van der Waals surface area (Å²) >= 11 is 0. The molecular formula is C28H36N8O2. The number of rotatable bonds is 9. The molecule has 0 spiro atoms. The molecule has 10 heteroatoms. The molecule has 2 aliphatic heterocycles. The third-order valence-electron chi connectivity index (χ3n) is 6.99. The van der Waals surface area contributed by atoms with Gasteiger partial charge in [-0.3, -0.25) is 4.79 Å². The first-order valence-corrected chi connectivity index (χ1v) is 13.4. The lowest BCUT2D eigenvalue weighted by Gasteiger charge is -2.36. The fourth-order valence-electron chi connectivity index (χ4n) is 4.88. The maximum Gasteiger partial charge on any atom is 0.242 e. The number of aromatic nitrogens is 3. The van der Waals surface area contributed by atoms with Gasteiger partial charge in [0.1, 0.15) is 11.8 Å². The van der Waals surface area contributed by atoms with E-state index in [1.54, 1.807) is 7.11 Å². The number of hydrogen-bond acceptors (Lipinski definition) is 9. The molecule has 1 amide bonds. The number of nitrogens with one attached hydrogen (secondary N) is 3. The number of para-hydroxylation sites is 2. The minimum absolute atomic E-state index is 0.00604. The van der Waals surface area contributed by atoms with Gasteiger partial charge in [-0.2, -0.15) is 15.0 Å². The Balaban J connectivity index is 1.31. The normalized spacial score (nSPS) is 17.9. The molecule has 38 heavy (non-hydrogen) atoms. The highest BCUT2D eigenvalue weighted by molar-refractivity contribution is 5.84. The van der Waals surface area contributed by atoms with E-state index in [-0.39, 0.29) is 11.9 Å². The van der Waals surface area contributed by atoms with Gasteiger partial charge in [0.25, 0.3) is 0 Å². The smallest absolute Gasteiger partial charge is 0.242 e. The van der Waals surface area contributed by atoms with Crippen LogP contribution in [0.3, 0.4) is 0 Å². The van der Waals surface area contributed by atoms with Gasteiger partial charge in [-0.25, -0.2) is 0 Å². The zero-order chi connectivity index (χ0) is 26.2. The lowest BCUT2D eigenvalue weighted by molar-refractivity contribution is -0.121. The third-order valence-corrected chi connectivity index (χ3v) is 6.99. The molecule has 3 aromatic rings. The number of carbonyl (C=O) groups is 1. The number of amides is 1. The molecule has 3 heterocycles. The molecule has 5 rings (SSSR count). The second-order valence-corrected chi connectivity index (χ2v) is 9.57. The fraction of sp³-hybridized carbons (Fsp3) is 0.429. The molecule has 0 radical (unpaired) electrons. The molecule has 3 N–H and O–H groups in total. The Labute approximate surface area is 223 Å². The number of anilines is 4. The molecule has 1 atom stereocenters. The molecule has 0 bridgehead atoms. The van der Waals surface area contributed by atoms with E-state index in [9.17, 15) is 4.79 Å². The Morgan fingerprint density at radius 3 is 2.47 bits per heavy atom. The van der Waals surface area contributed by atoms with Gasteiger partial charge < -0.3 is 30.5 Å². The summed E-state index contributed by atoms with van der Waals surface area (Å²) in [5, 5.41) is 9.62. The van der Waals surface area contributed by atoms with Gasteiger partial charge in [-0.15, -0.1) is 0 Å². The van der Waals surface area contributed by atoms with Crippen LogP contribution < -0.4 is 30.5 Å². The monoisotopic (exact) mass is 516 g/mol. The molecule has 0 aliphatic carbocycles. The minimum Gasteiger partial charge on any atom is -0.495 e. The van der Waals surface area contributed by atoms with E-state index in [0.717, 1.165) is 63.3 Å². The van der Waals surface area contributed by atoms with Crippen LogP contribution in [0.15, 0.2) is 54.6 Å². The van der Waals surface area contributed by atoms with Crippen molar-refractivity contribution >= 4 is 29.4 Å². The van der Waals surface area contributed by atoms with E-state index < -0.39 is 0 Å². The number of carbonyl (C=O) groups excluding carboxylic acids is 1. The van der Waals surface area contributed by atoms with Gasteiger partial charge in [0.2, 0.25) is 23.8 Å². The molecule has 1 aromatic heterocycles. The number of ether oxygens (including phenoxy) is 1. The van der Waals surface area contributed by atoms with E-state index >= 15 is 0 Å². The summed E-state index contributed by atoms with van der Waals surface area (Å²) in [6, 6.07) is 18.1. The number of nitrogens with zero attached hydrogens (tertiary/aromatic N) is 5. The van der Waals surface area contributed by atoms with Crippen molar-refractivity contribution < 1.29 is 9.53 Å². The standard InChI is InChI=1S/C28H36N8O2/c1-38-24-13-6-5-12-23(24)35-17-19-36(20-18-35)28-33-26(30-16-14-21-9-3-2-4-10-21)32-27(34-28)31-22-11-7-8-15-29-25(22)37/h2-6,9-10,12-13,22H,7-8,11,14-20H2,1H3,(H,29,37)(H2,30,31,32,33,34). The van der Waals surface area contributed by atoms with Crippen LogP contribution in [-0.2, 0) is 11.2 Å². The molecule has 1 unspecified atom stereocenters. The van der Waals surface area contributed by atoms with Crippen molar-refractivity contribution in [2.45, 2.75) is 31.7 Å². The van der Waals surface area contributed by atoms with Crippen LogP contribution in [0, 0.1) is 0 Å². The summed E-state index contributed by atoms with van der Waals surface area (Å²) in [6.45, 7) is 4.55. The topological polar surface area (TPSA) is 108 Å². The third kappa shape index (κ3) is 6.42. The van der Waals surface area contributed by atoms with Crippen molar-refractivity contribution in [2.75, 3.05) is 66.8 Å². The van der Waals surface area contributed by atoms with Crippen LogP contribution in [0.25, 0.3) is 0 Å². The van der Waals surface area contributed by atoms with Crippen molar-refractivity contribution in [1.29, 1.82) is 0 Å². The Hall–Kier alpha value is -4.08. The van der Waals surface area contributed by atoms with Crippen LogP contribution >= 0.6 is 0 Å². The molecule has 2 fully saturated rings. The van der Waals surface area contributed by atoms with Gasteiger partial charge in [-0.05, 0) is 43.4 Å². The average Bonchev–Trinajstić information content (AvgIpc) is 3.17. The van der Waals surface area contributed by atoms with Crippen LogP contribution in [0.5, 0.6) is 5.75 Å². The summed E-state index contributed by atoms with van der Waals surface area (Å²) in [6.07, 6.45) is 3.56. The Morgan fingerprint density at radius 1 is 0.921 bits per heavy atom. The predicted molar refractivity (Wildman–Crippen MR) is 150 cm³/mol. The summed E-state index contributed by atoms with van der Waals surface area (Å²) in [5.74, 6) is 2.41. The maximum absolute atomic E-state index is 12.6. The Morgan fingerprint density at radius 2 is 1.66 bits per heavy atom. The molecular weight excluding hydrogens is 480 g/mol. The lowest BCUT2D eigenvalue weighted by atomic mass is 10.1.